The number of nitrogens with two attached hydrogens (primary N) is 1. The van der Waals surface area contributed by atoms with Gasteiger partial charge in [-0.05, 0) is 50.0 Å². The number of amides is 1. The fraction of sp³-hybridized carbons (Fsp3) is 0.688. The first-order valence-electron chi connectivity index (χ1n) is 8.30. The SMILES string of the molecule is NC(=O)c1ncn(C2CCCN(CC3CC4C=CC3C4)C2)n1. The van der Waals surface area contributed by atoms with Crippen LogP contribution < -0.4 is 5.73 Å². The molecule has 6 nitrogen and oxygen atoms in total. The summed E-state index contributed by atoms with van der Waals surface area (Å²) < 4.78 is 1.83. The van der Waals surface area contributed by atoms with Crippen molar-refractivity contribution < 1.29 is 4.79 Å². The third-order valence-electron chi connectivity index (χ3n) is 5.49. The topological polar surface area (TPSA) is 77.0 Å². The number of carbonyl (C=O) groups excluding carboxylic acids is 1. The summed E-state index contributed by atoms with van der Waals surface area (Å²) in [6.45, 7) is 3.37. The fourth-order valence-corrected chi connectivity index (χ4v) is 4.41. The van der Waals surface area contributed by atoms with Gasteiger partial charge in [0.25, 0.3) is 5.91 Å². The zero-order valence-corrected chi connectivity index (χ0v) is 12.8. The number of likely N-dealkylation sites (tertiary alicyclic amines) is 1. The zero-order chi connectivity index (χ0) is 15.1. The van der Waals surface area contributed by atoms with Gasteiger partial charge in [0.2, 0.25) is 5.82 Å². The molecule has 2 N–H and O–H groups in total. The predicted molar refractivity (Wildman–Crippen MR) is 82.1 cm³/mol. The lowest BCUT2D eigenvalue weighted by Crippen LogP contribution is -2.40. The first kappa shape index (κ1) is 13.9. The first-order chi connectivity index (χ1) is 10.7. The number of hydrogen-bond acceptors (Lipinski definition) is 4. The third-order valence-corrected chi connectivity index (χ3v) is 5.49. The average molecular weight is 301 g/mol. The molecular formula is C16H23N5O. The standard InChI is InChI=1S/C16H23N5O/c17-15(22)16-18-10-21(19-16)14-2-1-5-20(9-14)8-13-7-11-3-4-12(13)6-11/h3-4,10-14H,1-2,5-9H2,(H2,17,22). The summed E-state index contributed by atoms with van der Waals surface area (Å²) in [7, 11) is 0. The molecule has 1 aliphatic heterocycles. The number of primary amides is 1. The molecule has 1 saturated carbocycles. The Morgan fingerprint density at radius 1 is 1.36 bits per heavy atom. The Balaban J connectivity index is 1.39. The van der Waals surface area contributed by atoms with E-state index in [1.165, 1.54) is 32.4 Å². The van der Waals surface area contributed by atoms with Crippen LogP contribution in [0.2, 0.25) is 0 Å². The highest BCUT2D eigenvalue weighted by molar-refractivity contribution is 5.88. The van der Waals surface area contributed by atoms with Crippen molar-refractivity contribution in [1.29, 1.82) is 0 Å². The minimum absolute atomic E-state index is 0.121. The van der Waals surface area contributed by atoms with E-state index >= 15 is 0 Å². The van der Waals surface area contributed by atoms with Crippen molar-refractivity contribution in [2.45, 2.75) is 31.7 Å². The van der Waals surface area contributed by atoms with E-state index in [0.29, 0.717) is 6.04 Å². The third kappa shape index (κ3) is 2.56. The highest BCUT2D eigenvalue weighted by Crippen LogP contribution is 2.44. The lowest BCUT2D eigenvalue weighted by molar-refractivity contribution is 0.0988. The molecule has 4 unspecified atom stereocenters. The van der Waals surface area contributed by atoms with Crippen molar-refractivity contribution >= 4 is 5.91 Å². The highest BCUT2D eigenvalue weighted by Gasteiger charge is 2.37. The maximum absolute atomic E-state index is 11.1. The Morgan fingerprint density at radius 2 is 2.27 bits per heavy atom. The van der Waals surface area contributed by atoms with Crippen LogP contribution >= 0.6 is 0 Å². The normalized spacial score (nSPS) is 34.4. The van der Waals surface area contributed by atoms with Crippen LogP contribution in [0, 0.1) is 17.8 Å². The Labute approximate surface area is 130 Å². The lowest BCUT2D eigenvalue weighted by atomic mass is 9.92. The number of aromatic nitrogens is 3. The largest absolute Gasteiger partial charge is 0.363 e. The molecule has 1 saturated heterocycles. The van der Waals surface area contributed by atoms with Crippen molar-refractivity contribution in [2.24, 2.45) is 23.5 Å². The molecule has 4 rings (SSSR count). The van der Waals surface area contributed by atoms with E-state index < -0.39 is 5.91 Å². The van der Waals surface area contributed by atoms with Crippen LogP contribution in [0.25, 0.3) is 0 Å². The second-order valence-electron chi connectivity index (χ2n) is 7.01. The predicted octanol–water partition coefficient (Wildman–Crippen LogP) is 1.23. The number of rotatable bonds is 4. The van der Waals surface area contributed by atoms with Gasteiger partial charge in [-0.1, -0.05) is 12.2 Å². The van der Waals surface area contributed by atoms with E-state index in [4.69, 9.17) is 5.73 Å². The molecule has 3 aliphatic rings. The minimum atomic E-state index is -0.555. The van der Waals surface area contributed by atoms with Gasteiger partial charge < -0.3 is 10.6 Å². The van der Waals surface area contributed by atoms with E-state index in [1.54, 1.807) is 6.33 Å². The molecule has 0 radical (unpaired) electrons. The molecule has 2 bridgehead atoms. The van der Waals surface area contributed by atoms with Gasteiger partial charge in [-0.2, -0.15) is 0 Å². The van der Waals surface area contributed by atoms with Crippen molar-refractivity contribution in [3.8, 4) is 0 Å². The summed E-state index contributed by atoms with van der Waals surface area (Å²) in [5.41, 5.74) is 5.23. The monoisotopic (exact) mass is 301 g/mol. The van der Waals surface area contributed by atoms with Gasteiger partial charge in [0.05, 0.1) is 6.04 Å². The van der Waals surface area contributed by atoms with Gasteiger partial charge in [0, 0.05) is 13.1 Å². The van der Waals surface area contributed by atoms with E-state index in [2.05, 4.69) is 27.1 Å². The van der Waals surface area contributed by atoms with Crippen molar-refractivity contribution in [2.75, 3.05) is 19.6 Å². The quantitative estimate of drug-likeness (QED) is 0.849. The second kappa shape index (κ2) is 5.50. The molecule has 118 valence electrons. The van der Waals surface area contributed by atoms with Gasteiger partial charge >= 0.3 is 0 Å². The van der Waals surface area contributed by atoms with E-state index in [1.807, 2.05) is 4.68 Å². The Hall–Kier alpha value is -1.69. The molecule has 6 heteroatoms. The number of fused-ring (bicyclic) bond motifs is 2. The van der Waals surface area contributed by atoms with Crippen LogP contribution in [0.5, 0.6) is 0 Å². The summed E-state index contributed by atoms with van der Waals surface area (Å²) >= 11 is 0. The number of allylic oxidation sites excluding steroid dienone is 2. The minimum Gasteiger partial charge on any atom is -0.363 e. The fourth-order valence-electron chi connectivity index (χ4n) is 4.41. The summed E-state index contributed by atoms with van der Waals surface area (Å²) in [5.74, 6) is 2.03. The molecule has 2 fully saturated rings. The van der Waals surface area contributed by atoms with Crippen LogP contribution in [0.4, 0.5) is 0 Å². The Morgan fingerprint density at radius 3 is 2.95 bits per heavy atom. The van der Waals surface area contributed by atoms with Gasteiger partial charge in [-0.3, -0.25) is 4.79 Å². The Bertz CT molecular complexity index is 595. The first-order valence-corrected chi connectivity index (χ1v) is 8.30. The van der Waals surface area contributed by atoms with Gasteiger partial charge in [-0.25, -0.2) is 9.67 Å². The second-order valence-corrected chi connectivity index (χ2v) is 7.01. The Kier molecular flexibility index (Phi) is 3.48. The van der Waals surface area contributed by atoms with Crippen LogP contribution in [0.15, 0.2) is 18.5 Å². The molecule has 2 aliphatic carbocycles. The molecule has 1 aromatic heterocycles. The zero-order valence-electron chi connectivity index (χ0n) is 12.8. The van der Waals surface area contributed by atoms with Crippen molar-refractivity contribution in [1.82, 2.24) is 19.7 Å². The number of piperidine rings is 1. The summed E-state index contributed by atoms with van der Waals surface area (Å²) in [5, 5.41) is 4.23. The maximum atomic E-state index is 11.1. The molecular weight excluding hydrogens is 278 g/mol. The van der Waals surface area contributed by atoms with E-state index in [9.17, 15) is 4.79 Å². The van der Waals surface area contributed by atoms with Gasteiger partial charge in [-0.15, -0.1) is 5.10 Å². The molecule has 1 amide bonds. The average Bonchev–Trinajstić information content (AvgIpc) is 3.24. The summed E-state index contributed by atoms with van der Waals surface area (Å²) in [6.07, 6.45) is 11.5. The van der Waals surface area contributed by atoms with Gasteiger partial charge in [0.1, 0.15) is 6.33 Å². The smallest absolute Gasteiger partial charge is 0.288 e. The van der Waals surface area contributed by atoms with Crippen LogP contribution in [-0.2, 0) is 0 Å². The summed E-state index contributed by atoms with van der Waals surface area (Å²) in [6, 6.07) is 0.309. The maximum Gasteiger partial charge on any atom is 0.288 e. The highest BCUT2D eigenvalue weighted by atomic mass is 16.1. The number of nitrogens with zero attached hydrogens (tertiary/aromatic N) is 4. The van der Waals surface area contributed by atoms with Crippen LogP contribution in [0.3, 0.4) is 0 Å². The van der Waals surface area contributed by atoms with Crippen LogP contribution in [0.1, 0.15) is 42.3 Å². The van der Waals surface area contributed by atoms with Crippen molar-refractivity contribution in [3.63, 3.8) is 0 Å². The number of hydrogen-bond donors (Lipinski definition) is 1. The van der Waals surface area contributed by atoms with E-state index in [0.717, 1.165) is 30.7 Å². The van der Waals surface area contributed by atoms with E-state index in [-0.39, 0.29) is 5.82 Å². The van der Waals surface area contributed by atoms with Crippen molar-refractivity contribution in [3.05, 3.63) is 24.3 Å². The molecule has 4 atom stereocenters. The molecule has 22 heavy (non-hydrogen) atoms. The van der Waals surface area contributed by atoms with Gasteiger partial charge in [0.15, 0.2) is 0 Å². The van der Waals surface area contributed by atoms with Crippen LogP contribution in [-0.4, -0.2) is 45.2 Å². The molecule has 1 aromatic rings. The lowest BCUT2D eigenvalue weighted by Gasteiger charge is -2.35. The summed E-state index contributed by atoms with van der Waals surface area (Å²) in [4.78, 5) is 17.7. The molecule has 0 spiro atoms. The molecule has 0 aromatic carbocycles. The number of carbonyl (C=O) groups is 1. The molecule has 2 heterocycles.